The molecule has 0 aromatic heterocycles. The summed E-state index contributed by atoms with van der Waals surface area (Å²) >= 11 is 0. The first kappa shape index (κ1) is 13.4. The molecule has 3 heteroatoms. The summed E-state index contributed by atoms with van der Waals surface area (Å²) in [5.41, 5.74) is 0.330. The van der Waals surface area contributed by atoms with Crippen LogP contribution in [0.1, 0.15) is 40.5 Å². The Hall–Kier alpha value is -0.570. The second kappa shape index (κ2) is 6.02. The van der Waals surface area contributed by atoms with Crippen LogP contribution in [0.2, 0.25) is 0 Å². The summed E-state index contributed by atoms with van der Waals surface area (Å²) in [6, 6.07) is 0. The van der Waals surface area contributed by atoms with E-state index in [0.717, 1.165) is 19.5 Å². The van der Waals surface area contributed by atoms with Crippen LogP contribution in [-0.2, 0) is 4.79 Å². The predicted molar refractivity (Wildman–Crippen MR) is 58.4 cm³/mol. The predicted octanol–water partition coefficient (Wildman–Crippen LogP) is 2.22. The van der Waals surface area contributed by atoms with Gasteiger partial charge in [-0.15, -0.1) is 0 Å². The molecule has 0 radical (unpaired) electrons. The van der Waals surface area contributed by atoms with Crippen molar-refractivity contribution in [1.82, 2.24) is 4.90 Å². The molecule has 0 rings (SSSR count). The van der Waals surface area contributed by atoms with Crippen molar-refractivity contribution in [1.29, 1.82) is 0 Å². The van der Waals surface area contributed by atoms with Gasteiger partial charge >= 0.3 is 5.97 Å². The molecule has 0 aliphatic rings. The molecule has 0 bridgehead atoms. The van der Waals surface area contributed by atoms with Crippen LogP contribution in [0, 0.1) is 5.41 Å². The van der Waals surface area contributed by atoms with Crippen molar-refractivity contribution in [3.63, 3.8) is 0 Å². The standard InChI is InChI=1S/C11H23NO2/c1-5-12(8-6-10(13)14)9-7-11(2,3)4/h5-9H2,1-4H3,(H,13,14). The Morgan fingerprint density at radius 1 is 1.29 bits per heavy atom. The second-order valence-corrected chi connectivity index (χ2v) is 4.89. The van der Waals surface area contributed by atoms with Gasteiger partial charge in [0.15, 0.2) is 0 Å². The minimum atomic E-state index is -0.709. The molecule has 0 heterocycles. The zero-order valence-electron chi connectivity index (χ0n) is 9.84. The Kier molecular flexibility index (Phi) is 5.77. The van der Waals surface area contributed by atoms with Gasteiger partial charge in [-0.05, 0) is 24.9 Å². The average molecular weight is 201 g/mol. The third-order valence-corrected chi connectivity index (χ3v) is 2.27. The third kappa shape index (κ3) is 8.05. The molecule has 0 saturated heterocycles. The van der Waals surface area contributed by atoms with Gasteiger partial charge < -0.3 is 10.0 Å². The van der Waals surface area contributed by atoms with Gasteiger partial charge in [0.1, 0.15) is 0 Å². The van der Waals surface area contributed by atoms with Crippen molar-refractivity contribution >= 4 is 5.97 Å². The van der Waals surface area contributed by atoms with E-state index in [1.54, 1.807) is 0 Å². The Labute approximate surface area is 87.1 Å². The van der Waals surface area contributed by atoms with Crippen molar-refractivity contribution in [2.24, 2.45) is 5.41 Å². The first-order valence-electron chi connectivity index (χ1n) is 5.29. The highest BCUT2D eigenvalue weighted by Crippen LogP contribution is 2.18. The molecule has 14 heavy (non-hydrogen) atoms. The van der Waals surface area contributed by atoms with Crippen LogP contribution >= 0.6 is 0 Å². The number of hydrogen-bond donors (Lipinski definition) is 1. The van der Waals surface area contributed by atoms with Crippen LogP contribution in [0.4, 0.5) is 0 Å². The Morgan fingerprint density at radius 3 is 2.21 bits per heavy atom. The lowest BCUT2D eigenvalue weighted by Gasteiger charge is -2.25. The summed E-state index contributed by atoms with van der Waals surface area (Å²) in [5, 5.41) is 8.56. The summed E-state index contributed by atoms with van der Waals surface area (Å²) in [7, 11) is 0. The summed E-state index contributed by atoms with van der Waals surface area (Å²) in [6.45, 7) is 11.3. The Balaban J connectivity index is 3.74. The van der Waals surface area contributed by atoms with Crippen molar-refractivity contribution in [2.75, 3.05) is 19.6 Å². The highest BCUT2D eigenvalue weighted by molar-refractivity contribution is 5.66. The quantitative estimate of drug-likeness (QED) is 0.716. The van der Waals surface area contributed by atoms with Crippen LogP contribution in [-0.4, -0.2) is 35.6 Å². The molecule has 1 N–H and O–H groups in total. The van der Waals surface area contributed by atoms with Crippen molar-refractivity contribution in [3.05, 3.63) is 0 Å². The largest absolute Gasteiger partial charge is 0.481 e. The van der Waals surface area contributed by atoms with E-state index in [9.17, 15) is 4.79 Å². The SMILES string of the molecule is CCN(CCC(=O)O)CCC(C)(C)C. The molecule has 0 unspecified atom stereocenters. The monoisotopic (exact) mass is 201 g/mol. The van der Waals surface area contributed by atoms with Gasteiger partial charge in [0.2, 0.25) is 0 Å². The maximum atomic E-state index is 10.4. The summed E-state index contributed by atoms with van der Waals surface area (Å²) < 4.78 is 0. The van der Waals surface area contributed by atoms with E-state index in [1.807, 2.05) is 0 Å². The van der Waals surface area contributed by atoms with E-state index in [0.29, 0.717) is 12.0 Å². The number of carbonyl (C=O) groups is 1. The van der Waals surface area contributed by atoms with Gasteiger partial charge in [-0.1, -0.05) is 27.7 Å². The zero-order valence-corrected chi connectivity index (χ0v) is 9.84. The topological polar surface area (TPSA) is 40.5 Å². The highest BCUT2D eigenvalue weighted by atomic mass is 16.4. The van der Waals surface area contributed by atoms with E-state index >= 15 is 0 Å². The van der Waals surface area contributed by atoms with Gasteiger partial charge in [-0.2, -0.15) is 0 Å². The van der Waals surface area contributed by atoms with Gasteiger partial charge in [0.25, 0.3) is 0 Å². The van der Waals surface area contributed by atoms with E-state index in [1.165, 1.54) is 0 Å². The minimum Gasteiger partial charge on any atom is -0.481 e. The fourth-order valence-corrected chi connectivity index (χ4v) is 1.18. The lowest BCUT2D eigenvalue weighted by molar-refractivity contribution is -0.137. The van der Waals surface area contributed by atoms with Gasteiger partial charge in [0, 0.05) is 6.54 Å². The summed E-state index contributed by atoms with van der Waals surface area (Å²) in [5.74, 6) is -0.709. The molecule has 84 valence electrons. The van der Waals surface area contributed by atoms with E-state index in [2.05, 4.69) is 32.6 Å². The molecule has 0 amide bonds. The first-order valence-corrected chi connectivity index (χ1v) is 5.29. The smallest absolute Gasteiger partial charge is 0.304 e. The number of nitrogens with zero attached hydrogens (tertiary/aromatic N) is 1. The maximum Gasteiger partial charge on any atom is 0.304 e. The Morgan fingerprint density at radius 2 is 1.86 bits per heavy atom. The molecule has 0 aromatic carbocycles. The van der Waals surface area contributed by atoms with E-state index in [4.69, 9.17) is 5.11 Å². The molecule has 0 fully saturated rings. The van der Waals surface area contributed by atoms with Crippen molar-refractivity contribution in [2.45, 2.75) is 40.5 Å². The third-order valence-electron chi connectivity index (χ3n) is 2.27. The fraction of sp³-hybridized carbons (Fsp3) is 0.909. The normalized spacial score (nSPS) is 12.1. The number of hydrogen-bond acceptors (Lipinski definition) is 2. The summed E-state index contributed by atoms with van der Waals surface area (Å²) in [4.78, 5) is 12.6. The number of carboxylic acid groups (broad SMARTS) is 1. The maximum absolute atomic E-state index is 10.4. The number of aliphatic carboxylic acids is 1. The molecule has 0 atom stereocenters. The minimum absolute atomic E-state index is 0.248. The molecule has 0 spiro atoms. The zero-order chi connectivity index (χ0) is 11.2. The molecule has 0 saturated carbocycles. The van der Waals surface area contributed by atoms with Gasteiger partial charge in [0.05, 0.1) is 6.42 Å². The lowest BCUT2D eigenvalue weighted by Crippen LogP contribution is -2.29. The molecule has 0 aliphatic heterocycles. The Bertz CT molecular complexity index is 173. The molecular weight excluding hydrogens is 178 g/mol. The highest BCUT2D eigenvalue weighted by Gasteiger charge is 2.12. The van der Waals surface area contributed by atoms with Crippen molar-refractivity contribution < 1.29 is 9.90 Å². The van der Waals surface area contributed by atoms with Crippen LogP contribution in [0.5, 0.6) is 0 Å². The number of rotatable bonds is 6. The van der Waals surface area contributed by atoms with Crippen LogP contribution < -0.4 is 0 Å². The van der Waals surface area contributed by atoms with Gasteiger partial charge in [-0.25, -0.2) is 0 Å². The van der Waals surface area contributed by atoms with Crippen LogP contribution in [0.25, 0.3) is 0 Å². The molecule has 0 aliphatic carbocycles. The van der Waals surface area contributed by atoms with E-state index < -0.39 is 5.97 Å². The fourth-order valence-electron chi connectivity index (χ4n) is 1.18. The van der Waals surface area contributed by atoms with Gasteiger partial charge in [-0.3, -0.25) is 4.79 Å². The van der Waals surface area contributed by atoms with Crippen LogP contribution in [0.3, 0.4) is 0 Å². The lowest BCUT2D eigenvalue weighted by atomic mass is 9.92. The number of carboxylic acids is 1. The van der Waals surface area contributed by atoms with E-state index in [-0.39, 0.29) is 6.42 Å². The molecule has 3 nitrogen and oxygen atoms in total. The summed E-state index contributed by atoms with van der Waals surface area (Å²) in [6.07, 6.45) is 1.36. The average Bonchev–Trinajstić information content (AvgIpc) is 2.02. The first-order chi connectivity index (χ1) is 6.35. The second-order valence-electron chi connectivity index (χ2n) is 4.89. The van der Waals surface area contributed by atoms with Crippen LogP contribution in [0.15, 0.2) is 0 Å². The molecular formula is C11H23NO2. The molecule has 0 aromatic rings. The van der Waals surface area contributed by atoms with Crippen molar-refractivity contribution in [3.8, 4) is 0 Å².